The van der Waals surface area contributed by atoms with Gasteiger partial charge in [0.1, 0.15) is 0 Å². The number of hydrogen-bond acceptors (Lipinski definition) is 3. The minimum atomic E-state index is -1.17. The summed E-state index contributed by atoms with van der Waals surface area (Å²) in [7, 11) is 0. The molecule has 0 radical (unpaired) electrons. The normalized spacial score (nSPS) is 10.7. The zero-order chi connectivity index (χ0) is 17.3. The number of carboxylic acid groups (broad SMARTS) is 2. The molecule has 0 amide bonds. The Morgan fingerprint density at radius 1 is 1.04 bits per heavy atom. The molecule has 0 unspecified atom stereocenters. The van der Waals surface area contributed by atoms with Gasteiger partial charge in [-0.25, -0.2) is 9.78 Å². The Labute approximate surface area is 145 Å². The predicted molar refractivity (Wildman–Crippen MR) is 93.2 cm³/mol. The molecule has 1 aromatic heterocycles. The molecule has 0 aliphatic heterocycles. The fraction of sp³-hybridized carbons (Fsp3) is 0.0556. The highest BCUT2D eigenvalue weighted by atomic mass is 79.9. The van der Waals surface area contributed by atoms with Crippen LogP contribution in [0.5, 0.6) is 0 Å². The highest BCUT2D eigenvalue weighted by Gasteiger charge is 2.23. The second-order valence-electron chi connectivity index (χ2n) is 5.22. The molecule has 0 saturated heterocycles. The maximum absolute atomic E-state index is 11.9. The van der Waals surface area contributed by atoms with Crippen LogP contribution in [-0.2, 0) is 11.2 Å². The Morgan fingerprint density at radius 2 is 1.75 bits per heavy atom. The van der Waals surface area contributed by atoms with E-state index in [1.165, 1.54) is 0 Å². The number of carbonyl (C=O) groups is 2. The molecule has 0 aliphatic rings. The van der Waals surface area contributed by atoms with Crippen LogP contribution in [0.1, 0.15) is 15.9 Å². The number of pyridine rings is 1. The highest BCUT2D eigenvalue weighted by Crippen LogP contribution is 2.32. The Kier molecular flexibility index (Phi) is 4.31. The predicted octanol–water partition coefficient (Wildman–Crippen LogP) is 3.99. The van der Waals surface area contributed by atoms with Gasteiger partial charge in [-0.15, -0.1) is 0 Å². The molecule has 3 aromatic rings. The van der Waals surface area contributed by atoms with Crippen LogP contribution in [0.3, 0.4) is 0 Å². The van der Waals surface area contributed by atoms with Crippen molar-refractivity contribution < 1.29 is 19.8 Å². The van der Waals surface area contributed by atoms with Crippen molar-refractivity contribution in [1.82, 2.24) is 4.98 Å². The van der Waals surface area contributed by atoms with Gasteiger partial charge in [0, 0.05) is 21.0 Å². The van der Waals surface area contributed by atoms with Crippen LogP contribution in [0.25, 0.3) is 22.2 Å². The summed E-state index contributed by atoms with van der Waals surface area (Å²) in [6, 6.07) is 14.1. The summed E-state index contributed by atoms with van der Waals surface area (Å²) < 4.78 is 0.702. The smallest absolute Gasteiger partial charge is 0.336 e. The summed E-state index contributed by atoms with van der Waals surface area (Å²) in [6.45, 7) is 0. The maximum Gasteiger partial charge on any atom is 0.336 e. The molecule has 0 atom stereocenters. The van der Waals surface area contributed by atoms with E-state index in [9.17, 15) is 19.8 Å². The first-order chi connectivity index (χ1) is 11.5. The number of carboxylic acids is 2. The van der Waals surface area contributed by atoms with Gasteiger partial charge < -0.3 is 10.2 Å². The van der Waals surface area contributed by atoms with Crippen molar-refractivity contribution in [3.8, 4) is 11.3 Å². The van der Waals surface area contributed by atoms with Gasteiger partial charge in [0.05, 0.1) is 23.2 Å². The third-order valence-electron chi connectivity index (χ3n) is 3.64. The molecule has 24 heavy (non-hydrogen) atoms. The molecule has 2 aromatic carbocycles. The van der Waals surface area contributed by atoms with Crippen molar-refractivity contribution in [2.45, 2.75) is 6.42 Å². The molecule has 0 aliphatic carbocycles. The van der Waals surface area contributed by atoms with Crippen molar-refractivity contribution in [1.29, 1.82) is 0 Å². The number of aromatic nitrogens is 1. The van der Waals surface area contributed by atoms with Crippen LogP contribution in [0.15, 0.2) is 53.0 Å². The second-order valence-corrected chi connectivity index (χ2v) is 6.13. The first-order valence-corrected chi connectivity index (χ1v) is 7.89. The largest absolute Gasteiger partial charge is 0.481 e. The second kappa shape index (κ2) is 6.41. The molecule has 3 rings (SSSR count). The molecular formula is C18H12BrNO4. The number of benzene rings is 2. The van der Waals surface area contributed by atoms with E-state index in [-0.39, 0.29) is 11.1 Å². The van der Waals surface area contributed by atoms with E-state index in [1.54, 1.807) is 42.5 Å². The zero-order valence-corrected chi connectivity index (χ0v) is 13.9. The monoisotopic (exact) mass is 385 g/mol. The maximum atomic E-state index is 11.9. The van der Waals surface area contributed by atoms with E-state index < -0.39 is 18.4 Å². The molecule has 6 heteroatoms. The van der Waals surface area contributed by atoms with Gasteiger partial charge in [-0.3, -0.25) is 4.79 Å². The standard InChI is InChI=1S/C18H12BrNO4/c19-11-6-7-14-12(8-11)16(18(23)24)13(9-15(21)22)17(20-14)10-4-2-1-3-5-10/h1-8H,9H2,(H,21,22)(H,23,24). The van der Waals surface area contributed by atoms with E-state index in [0.29, 0.717) is 26.6 Å². The average molecular weight is 386 g/mol. The van der Waals surface area contributed by atoms with E-state index in [4.69, 9.17) is 0 Å². The molecule has 0 saturated carbocycles. The molecule has 0 fully saturated rings. The Morgan fingerprint density at radius 3 is 2.38 bits per heavy atom. The summed E-state index contributed by atoms with van der Waals surface area (Å²) in [5.41, 5.74) is 1.74. The van der Waals surface area contributed by atoms with E-state index in [0.717, 1.165) is 0 Å². The number of aliphatic carboxylic acids is 1. The SMILES string of the molecule is O=C(O)Cc1c(-c2ccccc2)nc2ccc(Br)cc2c1C(=O)O. The van der Waals surface area contributed by atoms with E-state index >= 15 is 0 Å². The number of halogens is 1. The number of nitrogens with zero attached hydrogens (tertiary/aromatic N) is 1. The van der Waals surface area contributed by atoms with Crippen LogP contribution < -0.4 is 0 Å². The number of fused-ring (bicyclic) bond motifs is 1. The number of aromatic carboxylic acids is 1. The third-order valence-corrected chi connectivity index (χ3v) is 4.13. The quantitative estimate of drug-likeness (QED) is 0.708. The van der Waals surface area contributed by atoms with Gasteiger partial charge in [0.15, 0.2) is 0 Å². The van der Waals surface area contributed by atoms with Crippen molar-refractivity contribution in [3.05, 3.63) is 64.1 Å². The van der Waals surface area contributed by atoms with Gasteiger partial charge in [-0.1, -0.05) is 46.3 Å². The molecule has 2 N–H and O–H groups in total. The van der Waals surface area contributed by atoms with Crippen LogP contribution in [0.2, 0.25) is 0 Å². The van der Waals surface area contributed by atoms with Gasteiger partial charge >= 0.3 is 11.9 Å². The summed E-state index contributed by atoms with van der Waals surface area (Å²) in [5.74, 6) is -2.28. The van der Waals surface area contributed by atoms with Crippen molar-refractivity contribution in [2.24, 2.45) is 0 Å². The lowest BCUT2D eigenvalue weighted by atomic mass is 9.94. The lowest BCUT2D eigenvalue weighted by Crippen LogP contribution is -2.12. The van der Waals surface area contributed by atoms with Crippen LogP contribution in [0.4, 0.5) is 0 Å². The first kappa shape index (κ1) is 16.1. The van der Waals surface area contributed by atoms with Gasteiger partial charge in [0.25, 0.3) is 0 Å². The van der Waals surface area contributed by atoms with Crippen LogP contribution in [0, 0.1) is 0 Å². The van der Waals surface area contributed by atoms with E-state index in [2.05, 4.69) is 20.9 Å². The van der Waals surface area contributed by atoms with Gasteiger partial charge in [0.2, 0.25) is 0 Å². The lowest BCUT2D eigenvalue weighted by Gasteiger charge is -2.14. The fourth-order valence-electron chi connectivity index (χ4n) is 2.68. The topological polar surface area (TPSA) is 87.5 Å². The highest BCUT2D eigenvalue weighted by molar-refractivity contribution is 9.10. The number of hydrogen-bond donors (Lipinski definition) is 2. The summed E-state index contributed by atoms with van der Waals surface area (Å²) in [4.78, 5) is 27.7. The van der Waals surface area contributed by atoms with Crippen LogP contribution in [-0.4, -0.2) is 27.1 Å². The zero-order valence-electron chi connectivity index (χ0n) is 12.4. The summed E-state index contributed by atoms with van der Waals surface area (Å²) >= 11 is 3.32. The van der Waals surface area contributed by atoms with Crippen LogP contribution >= 0.6 is 15.9 Å². The van der Waals surface area contributed by atoms with E-state index in [1.807, 2.05) is 6.07 Å². The summed E-state index contributed by atoms with van der Waals surface area (Å²) in [6.07, 6.45) is -0.415. The fourth-order valence-corrected chi connectivity index (χ4v) is 3.04. The minimum absolute atomic E-state index is 0.0254. The van der Waals surface area contributed by atoms with Gasteiger partial charge in [-0.2, -0.15) is 0 Å². The first-order valence-electron chi connectivity index (χ1n) is 7.10. The molecule has 0 bridgehead atoms. The average Bonchev–Trinajstić information content (AvgIpc) is 2.54. The third kappa shape index (κ3) is 3.00. The van der Waals surface area contributed by atoms with Crippen molar-refractivity contribution >= 4 is 38.8 Å². The Balaban J connectivity index is 2.44. The van der Waals surface area contributed by atoms with Gasteiger partial charge in [-0.05, 0) is 18.2 Å². The summed E-state index contributed by atoms with van der Waals surface area (Å²) in [5, 5.41) is 19.4. The van der Waals surface area contributed by atoms with Crippen molar-refractivity contribution in [2.75, 3.05) is 0 Å². The lowest BCUT2D eigenvalue weighted by molar-refractivity contribution is -0.136. The molecule has 1 heterocycles. The molecular weight excluding hydrogens is 374 g/mol. The molecule has 0 spiro atoms. The number of rotatable bonds is 4. The minimum Gasteiger partial charge on any atom is -0.481 e. The molecule has 120 valence electrons. The van der Waals surface area contributed by atoms with Crippen molar-refractivity contribution in [3.63, 3.8) is 0 Å². The Bertz CT molecular complexity index is 954. The molecule has 5 nitrogen and oxygen atoms in total. The Hall–Kier alpha value is -2.73.